The number of hydrogen-bond donors (Lipinski definition) is 1. The number of likely N-dealkylation sites (tertiary alicyclic amines) is 1. The first-order valence-electron chi connectivity index (χ1n) is 6.43. The lowest BCUT2D eigenvalue weighted by Gasteiger charge is -2.30. The fourth-order valence-electron chi connectivity index (χ4n) is 2.30. The van der Waals surface area contributed by atoms with Crippen molar-refractivity contribution in [1.82, 2.24) is 4.90 Å². The predicted molar refractivity (Wildman–Crippen MR) is 77.2 cm³/mol. The topological polar surface area (TPSA) is 63.4 Å². The van der Waals surface area contributed by atoms with E-state index in [1.807, 2.05) is 0 Å². The average Bonchev–Trinajstić information content (AvgIpc) is 2.37. The summed E-state index contributed by atoms with van der Waals surface area (Å²) < 4.78 is 24.3. The van der Waals surface area contributed by atoms with Gasteiger partial charge in [0, 0.05) is 24.2 Å². The molecule has 1 aromatic rings. The minimum atomic E-state index is -3.24. The van der Waals surface area contributed by atoms with Gasteiger partial charge in [-0.15, -0.1) is 0 Å². The maximum Gasteiger partial charge on any atom is 0.179 e. The van der Waals surface area contributed by atoms with Crippen molar-refractivity contribution in [3.63, 3.8) is 0 Å². The van der Waals surface area contributed by atoms with E-state index in [1.54, 1.807) is 24.3 Å². The second-order valence-electron chi connectivity index (χ2n) is 4.98. The Kier molecular flexibility index (Phi) is 4.84. The van der Waals surface area contributed by atoms with Crippen LogP contribution in [0.25, 0.3) is 0 Å². The molecule has 106 valence electrons. The lowest BCUT2D eigenvalue weighted by atomic mass is 10.1. The van der Waals surface area contributed by atoms with Crippen molar-refractivity contribution in [3.8, 4) is 0 Å². The first-order valence-corrected chi connectivity index (χ1v) is 8.47. The third-order valence-electron chi connectivity index (χ3n) is 3.39. The highest BCUT2D eigenvalue weighted by Crippen LogP contribution is 2.16. The fourth-order valence-corrected chi connectivity index (χ4v) is 3.71. The SMILES string of the molecule is NC1CCCN(CCS(=O)(=O)c2ccc(Cl)cc2)C1. The molecule has 0 radical (unpaired) electrons. The van der Waals surface area contributed by atoms with E-state index in [2.05, 4.69) is 4.90 Å². The molecule has 0 bridgehead atoms. The molecule has 0 aliphatic carbocycles. The van der Waals surface area contributed by atoms with Crippen LogP contribution >= 0.6 is 11.6 Å². The molecule has 1 aromatic carbocycles. The number of nitrogens with zero attached hydrogens (tertiary/aromatic N) is 1. The Morgan fingerprint density at radius 3 is 2.63 bits per heavy atom. The van der Waals surface area contributed by atoms with E-state index >= 15 is 0 Å². The van der Waals surface area contributed by atoms with E-state index in [-0.39, 0.29) is 11.8 Å². The van der Waals surface area contributed by atoms with Crippen molar-refractivity contribution in [1.29, 1.82) is 0 Å². The van der Waals surface area contributed by atoms with Crippen molar-refractivity contribution >= 4 is 21.4 Å². The van der Waals surface area contributed by atoms with Crippen LogP contribution in [0.5, 0.6) is 0 Å². The van der Waals surface area contributed by atoms with Crippen LogP contribution in [-0.4, -0.2) is 44.7 Å². The number of sulfone groups is 1. The molecule has 1 aliphatic rings. The average molecular weight is 303 g/mol. The van der Waals surface area contributed by atoms with Crippen molar-refractivity contribution < 1.29 is 8.42 Å². The number of nitrogens with two attached hydrogens (primary N) is 1. The van der Waals surface area contributed by atoms with Crippen LogP contribution in [0.15, 0.2) is 29.2 Å². The molecule has 1 unspecified atom stereocenters. The Labute approximate surface area is 119 Å². The summed E-state index contributed by atoms with van der Waals surface area (Å²) in [4.78, 5) is 2.46. The summed E-state index contributed by atoms with van der Waals surface area (Å²) in [5.74, 6) is 0.126. The van der Waals surface area contributed by atoms with E-state index < -0.39 is 9.84 Å². The van der Waals surface area contributed by atoms with Crippen molar-refractivity contribution in [2.75, 3.05) is 25.4 Å². The van der Waals surface area contributed by atoms with Gasteiger partial charge in [0.1, 0.15) is 0 Å². The zero-order chi connectivity index (χ0) is 13.9. The molecule has 1 saturated heterocycles. The molecule has 1 heterocycles. The second-order valence-corrected chi connectivity index (χ2v) is 7.52. The number of rotatable bonds is 4. The summed E-state index contributed by atoms with van der Waals surface area (Å²) in [7, 11) is -3.24. The normalized spacial score (nSPS) is 21.5. The minimum Gasteiger partial charge on any atom is -0.327 e. The zero-order valence-electron chi connectivity index (χ0n) is 10.8. The molecular formula is C13H19ClN2O2S. The first-order chi connectivity index (χ1) is 8.97. The lowest BCUT2D eigenvalue weighted by molar-refractivity contribution is 0.220. The van der Waals surface area contributed by atoms with Crippen molar-refractivity contribution in [2.45, 2.75) is 23.8 Å². The molecule has 0 aromatic heterocycles. The van der Waals surface area contributed by atoms with Crippen LogP contribution in [0.2, 0.25) is 5.02 Å². The maximum absolute atomic E-state index is 12.2. The summed E-state index contributed by atoms with van der Waals surface area (Å²) in [5, 5.41) is 0.543. The zero-order valence-corrected chi connectivity index (χ0v) is 12.3. The lowest BCUT2D eigenvalue weighted by Crippen LogP contribution is -2.44. The van der Waals surface area contributed by atoms with Crippen LogP contribution < -0.4 is 5.73 Å². The van der Waals surface area contributed by atoms with Gasteiger partial charge in [0.15, 0.2) is 9.84 Å². The van der Waals surface area contributed by atoms with E-state index in [1.165, 1.54) is 0 Å². The fraction of sp³-hybridized carbons (Fsp3) is 0.538. The summed E-state index contributed by atoms with van der Waals surface area (Å²) in [6.07, 6.45) is 2.07. The Hall–Kier alpha value is -0.620. The summed E-state index contributed by atoms with van der Waals surface area (Å²) >= 11 is 5.76. The Morgan fingerprint density at radius 1 is 1.32 bits per heavy atom. The molecule has 1 atom stereocenters. The molecule has 2 rings (SSSR count). The smallest absolute Gasteiger partial charge is 0.179 e. The summed E-state index contributed by atoms with van der Waals surface area (Å²) in [6.45, 7) is 2.26. The molecule has 0 amide bonds. The van der Waals surface area contributed by atoms with Gasteiger partial charge in [-0.25, -0.2) is 8.42 Å². The van der Waals surface area contributed by atoms with Gasteiger partial charge in [0.05, 0.1) is 10.6 Å². The van der Waals surface area contributed by atoms with E-state index in [9.17, 15) is 8.42 Å². The number of halogens is 1. The van der Waals surface area contributed by atoms with Gasteiger partial charge in [-0.1, -0.05) is 11.6 Å². The molecule has 1 fully saturated rings. The van der Waals surface area contributed by atoms with Gasteiger partial charge in [-0.3, -0.25) is 0 Å². The quantitative estimate of drug-likeness (QED) is 0.916. The molecular weight excluding hydrogens is 284 g/mol. The van der Waals surface area contributed by atoms with E-state index in [4.69, 9.17) is 17.3 Å². The number of benzene rings is 1. The number of hydrogen-bond acceptors (Lipinski definition) is 4. The van der Waals surface area contributed by atoms with Gasteiger partial charge in [-0.05, 0) is 43.7 Å². The van der Waals surface area contributed by atoms with Gasteiger partial charge >= 0.3 is 0 Å². The predicted octanol–water partition coefficient (Wildman–Crippen LogP) is 1.54. The van der Waals surface area contributed by atoms with E-state index in [0.717, 1.165) is 25.9 Å². The third-order valence-corrected chi connectivity index (χ3v) is 5.35. The molecule has 1 aliphatic heterocycles. The maximum atomic E-state index is 12.2. The molecule has 4 nitrogen and oxygen atoms in total. The van der Waals surface area contributed by atoms with Gasteiger partial charge in [-0.2, -0.15) is 0 Å². The highest BCUT2D eigenvalue weighted by Gasteiger charge is 2.20. The van der Waals surface area contributed by atoms with Crippen molar-refractivity contribution in [3.05, 3.63) is 29.3 Å². The second kappa shape index (κ2) is 6.22. The monoisotopic (exact) mass is 302 g/mol. The minimum absolute atomic E-state index is 0.126. The highest BCUT2D eigenvalue weighted by atomic mass is 35.5. The van der Waals surface area contributed by atoms with Crippen LogP contribution in [0.1, 0.15) is 12.8 Å². The molecule has 0 spiro atoms. The molecule has 0 saturated carbocycles. The van der Waals surface area contributed by atoms with Crippen LogP contribution in [0.4, 0.5) is 0 Å². The van der Waals surface area contributed by atoms with Gasteiger partial charge < -0.3 is 10.6 Å². The van der Waals surface area contributed by atoms with Crippen LogP contribution in [0, 0.1) is 0 Å². The first kappa shape index (κ1) is 14.8. The van der Waals surface area contributed by atoms with Crippen LogP contribution in [0.3, 0.4) is 0 Å². The summed E-state index contributed by atoms with van der Waals surface area (Å²) in [5.41, 5.74) is 5.89. The summed E-state index contributed by atoms with van der Waals surface area (Å²) in [6, 6.07) is 6.49. The van der Waals surface area contributed by atoms with E-state index in [0.29, 0.717) is 16.5 Å². The van der Waals surface area contributed by atoms with Gasteiger partial charge in [0.2, 0.25) is 0 Å². The Balaban J connectivity index is 1.96. The van der Waals surface area contributed by atoms with Gasteiger partial charge in [0.25, 0.3) is 0 Å². The highest BCUT2D eigenvalue weighted by molar-refractivity contribution is 7.91. The molecule has 2 N–H and O–H groups in total. The Morgan fingerprint density at radius 2 is 2.00 bits per heavy atom. The number of piperidine rings is 1. The molecule has 6 heteroatoms. The largest absolute Gasteiger partial charge is 0.327 e. The standard InChI is InChI=1S/C13H19ClN2O2S/c14-11-3-5-13(6-4-11)19(17,18)9-8-16-7-1-2-12(15)10-16/h3-6,12H,1-2,7-10,15H2. The van der Waals surface area contributed by atoms with Crippen molar-refractivity contribution in [2.24, 2.45) is 5.73 Å². The Bertz CT molecular complexity index is 516. The molecule has 19 heavy (non-hydrogen) atoms. The van der Waals surface area contributed by atoms with Crippen LogP contribution in [-0.2, 0) is 9.84 Å². The third kappa shape index (κ3) is 4.18.